The predicted octanol–water partition coefficient (Wildman–Crippen LogP) is 3.70. The lowest BCUT2D eigenvalue weighted by molar-refractivity contribution is 0.126. The topological polar surface area (TPSA) is 19.4 Å². The zero-order valence-electron chi connectivity index (χ0n) is 12.4. The normalized spacial score (nSPS) is 21.8. The second kappa shape index (κ2) is 6.42. The fourth-order valence-corrected chi connectivity index (χ4v) is 4.68. The molecule has 0 atom stereocenters. The zero-order valence-corrected chi connectivity index (χ0v) is 14.8. The van der Waals surface area contributed by atoms with Crippen molar-refractivity contribution in [2.24, 2.45) is 0 Å². The molecule has 3 rings (SSSR count). The molecular formula is C15H24BrN3S. The molecule has 3 nitrogen and oxygen atoms in total. The summed E-state index contributed by atoms with van der Waals surface area (Å²) in [6.45, 7) is 6.93. The smallest absolute Gasteiger partial charge is 0.0971 e. The summed E-state index contributed by atoms with van der Waals surface area (Å²) in [5.74, 6) is 0.767. The second-order valence-corrected chi connectivity index (χ2v) is 8.48. The Morgan fingerprint density at radius 1 is 1.30 bits per heavy atom. The Labute approximate surface area is 134 Å². The van der Waals surface area contributed by atoms with Crippen LogP contribution in [-0.2, 0) is 6.54 Å². The number of halogens is 1. The van der Waals surface area contributed by atoms with Crippen molar-refractivity contribution >= 4 is 27.3 Å². The van der Waals surface area contributed by atoms with Crippen molar-refractivity contribution in [3.63, 3.8) is 0 Å². The van der Waals surface area contributed by atoms with Crippen molar-refractivity contribution in [1.29, 1.82) is 0 Å². The fourth-order valence-electron chi connectivity index (χ4n) is 2.99. The summed E-state index contributed by atoms with van der Waals surface area (Å²) in [7, 11) is 2.26. The van der Waals surface area contributed by atoms with Gasteiger partial charge in [0.15, 0.2) is 0 Å². The van der Waals surface area contributed by atoms with Crippen molar-refractivity contribution in [1.82, 2.24) is 14.8 Å². The minimum Gasteiger partial charge on any atom is -0.303 e. The van der Waals surface area contributed by atoms with E-state index in [1.54, 1.807) is 0 Å². The lowest BCUT2D eigenvalue weighted by atomic mass is 10.0. The summed E-state index contributed by atoms with van der Waals surface area (Å²) in [6.07, 6.45) is 5.26. The number of likely N-dealkylation sites (tertiary alicyclic amines) is 1. The van der Waals surface area contributed by atoms with E-state index in [4.69, 9.17) is 4.98 Å². The average molecular weight is 358 g/mol. The van der Waals surface area contributed by atoms with Crippen molar-refractivity contribution in [3.05, 3.63) is 14.5 Å². The van der Waals surface area contributed by atoms with Gasteiger partial charge >= 0.3 is 0 Å². The molecule has 0 radical (unpaired) electrons. The van der Waals surface area contributed by atoms with Crippen LogP contribution in [0.15, 0.2) is 3.79 Å². The van der Waals surface area contributed by atoms with E-state index >= 15 is 0 Å². The van der Waals surface area contributed by atoms with Gasteiger partial charge < -0.3 is 4.90 Å². The molecule has 0 amide bonds. The number of piperidine rings is 1. The number of hydrogen-bond donors (Lipinski definition) is 0. The quantitative estimate of drug-likeness (QED) is 0.800. The highest BCUT2D eigenvalue weighted by atomic mass is 79.9. The fraction of sp³-hybridized carbons (Fsp3) is 0.800. The van der Waals surface area contributed by atoms with Crippen LogP contribution in [0.2, 0.25) is 0 Å². The van der Waals surface area contributed by atoms with Gasteiger partial charge in [0.2, 0.25) is 0 Å². The molecule has 1 aliphatic carbocycles. The zero-order chi connectivity index (χ0) is 14.1. The molecule has 2 fully saturated rings. The molecular weight excluding hydrogens is 334 g/mol. The third-order valence-electron chi connectivity index (χ3n) is 4.62. The molecule has 0 spiro atoms. The van der Waals surface area contributed by atoms with Crippen LogP contribution < -0.4 is 0 Å². The van der Waals surface area contributed by atoms with Crippen LogP contribution in [-0.4, -0.2) is 47.5 Å². The first-order valence-corrected chi connectivity index (χ1v) is 9.36. The molecule has 1 aromatic heterocycles. The SMILES string of the molecule is CCN1CCC(N(C)Cc2nc(C3CC3)sc2Br)CC1. The number of rotatable bonds is 5. The first-order chi connectivity index (χ1) is 9.67. The first kappa shape index (κ1) is 14.9. The molecule has 1 saturated carbocycles. The summed E-state index contributed by atoms with van der Waals surface area (Å²) >= 11 is 5.56. The van der Waals surface area contributed by atoms with Crippen LogP contribution in [0.4, 0.5) is 0 Å². The van der Waals surface area contributed by atoms with Gasteiger partial charge in [-0.3, -0.25) is 4.90 Å². The molecule has 20 heavy (non-hydrogen) atoms. The Hall–Kier alpha value is 0.0300. The van der Waals surface area contributed by atoms with Crippen molar-refractivity contribution < 1.29 is 0 Å². The maximum atomic E-state index is 4.86. The van der Waals surface area contributed by atoms with Gasteiger partial charge in [0.1, 0.15) is 0 Å². The number of nitrogens with zero attached hydrogens (tertiary/aromatic N) is 3. The standard InChI is InChI=1S/C15H24BrN3S/c1-3-19-8-6-12(7-9-19)18(2)10-13-14(16)20-15(17-13)11-4-5-11/h11-12H,3-10H2,1-2H3. The predicted molar refractivity (Wildman–Crippen MR) is 88.4 cm³/mol. The monoisotopic (exact) mass is 357 g/mol. The van der Waals surface area contributed by atoms with E-state index < -0.39 is 0 Å². The first-order valence-electron chi connectivity index (χ1n) is 7.75. The van der Waals surface area contributed by atoms with Crippen LogP contribution in [0.3, 0.4) is 0 Å². The number of hydrogen-bond acceptors (Lipinski definition) is 4. The molecule has 1 aromatic rings. The molecule has 1 saturated heterocycles. The lowest BCUT2D eigenvalue weighted by Crippen LogP contribution is -2.42. The van der Waals surface area contributed by atoms with E-state index in [0.29, 0.717) is 0 Å². The Bertz CT molecular complexity index is 450. The molecule has 2 aliphatic rings. The van der Waals surface area contributed by atoms with Crippen molar-refractivity contribution in [2.45, 2.75) is 51.1 Å². The molecule has 1 aliphatic heterocycles. The van der Waals surface area contributed by atoms with E-state index in [-0.39, 0.29) is 0 Å². The molecule has 0 N–H and O–H groups in total. The lowest BCUT2D eigenvalue weighted by Gasteiger charge is -2.36. The van der Waals surface area contributed by atoms with E-state index in [1.807, 2.05) is 11.3 Å². The summed E-state index contributed by atoms with van der Waals surface area (Å²) in [5, 5.41) is 1.35. The number of thiazole rings is 1. The van der Waals surface area contributed by atoms with Gasteiger partial charge in [0.25, 0.3) is 0 Å². The van der Waals surface area contributed by atoms with E-state index in [1.165, 1.54) is 59.8 Å². The average Bonchev–Trinajstić information content (AvgIpc) is 3.25. The summed E-state index contributed by atoms with van der Waals surface area (Å²) in [6, 6.07) is 0.718. The van der Waals surface area contributed by atoms with Gasteiger partial charge in [-0.1, -0.05) is 6.92 Å². The van der Waals surface area contributed by atoms with Gasteiger partial charge in [-0.2, -0.15) is 0 Å². The summed E-state index contributed by atoms with van der Waals surface area (Å²) in [4.78, 5) is 9.91. The molecule has 0 bridgehead atoms. The van der Waals surface area contributed by atoms with E-state index in [9.17, 15) is 0 Å². The van der Waals surface area contributed by atoms with Gasteiger partial charge in [-0.05, 0) is 68.3 Å². The molecule has 5 heteroatoms. The third kappa shape index (κ3) is 3.43. The highest BCUT2D eigenvalue weighted by molar-refractivity contribution is 9.11. The Balaban J connectivity index is 1.57. The van der Waals surface area contributed by atoms with E-state index in [0.717, 1.165) is 18.5 Å². The Kier molecular flexibility index (Phi) is 4.80. The molecule has 0 aromatic carbocycles. The minimum absolute atomic E-state index is 0.718. The minimum atomic E-state index is 0.718. The van der Waals surface area contributed by atoms with Crippen LogP contribution in [0.5, 0.6) is 0 Å². The Morgan fingerprint density at radius 2 is 2.00 bits per heavy atom. The van der Waals surface area contributed by atoms with Gasteiger partial charge in [0.05, 0.1) is 14.5 Å². The highest BCUT2D eigenvalue weighted by Gasteiger charge is 2.29. The van der Waals surface area contributed by atoms with E-state index in [2.05, 4.69) is 39.7 Å². The van der Waals surface area contributed by atoms with Gasteiger partial charge in [-0.15, -0.1) is 11.3 Å². The number of aromatic nitrogens is 1. The third-order valence-corrected chi connectivity index (χ3v) is 6.61. The van der Waals surface area contributed by atoms with Crippen LogP contribution in [0.1, 0.15) is 49.2 Å². The summed E-state index contributed by atoms with van der Waals surface area (Å²) < 4.78 is 1.25. The maximum Gasteiger partial charge on any atom is 0.0971 e. The van der Waals surface area contributed by atoms with Crippen LogP contribution >= 0.6 is 27.3 Å². The Morgan fingerprint density at radius 3 is 2.60 bits per heavy atom. The van der Waals surface area contributed by atoms with Gasteiger partial charge in [0, 0.05) is 18.5 Å². The second-order valence-electron chi connectivity index (χ2n) is 6.13. The summed E-state index contributed by atoms with van der Waals surface area (Å²) in [5.41, 5.74) is 1.25. The highest BCUT2D eigenvalue weighted by Crippen LogP contribution is 2.44. The van der Waals surface area contributed by atoms with Crippen molar-refractivity contribution in [3.8, 4) is 0 Å². The largest absolute Gasteiger partial charge is 0.303 e. The molecule has 112 valence electrons. The van der Waals surface area contributed by atoms with Crippen LogP contribution in [0, 0.1) is 0 Å². The molecule has 2 heterocycles. The van der Waals surface area contributed by atoms with Gasteiger partial charge in [-0.25, -0.2) is 4.98 Å². The van der Waals surface area contributed by atoms with Crippen LogP contribution in [0.25, 0.3) is 0 Å². The van der Waals surface area contributed by atoms with Crippen molar-refractivity contribution in [2.75, 3.05) is 26.7 Å². The molecule has 0 unspecified atom stereocenters. The maximum absolute atomic E-state index is 4.86.